The van der Waals surface area contributed by atoms with Crippen LogP contribution in [-0.2, 0) is 18.4 Å². The van der Waals surface area contributed by atoms with E-state index in [9.17, 15) is 9.59 Å². The molecule has 4 nitrogen and oxygen atoms in total. The maximum atomic E-state index is 13.6. The molecule has 0 saturated heterocycles. The molecule has 6 heteroatoms. The second kappa shape index (κ2) is 13.9. The van der Waals surface area contributed by atoms with Crippen molar-refractivity contribution in [2.24, 2.45) is 23.7 Å². The van der Waals surface area contributed by atoms with E-state index >= 15 is 0 Å². The zero-order valence-electron chi connectivity index (χ0n) is 25.1. The maximum absolute atomic E-state index is 13.6. The lowest BCUT2D eigenvalue weighted by molar-refractivity contribution is -0.139. The summed E-state index contributed by atoms with van der Waals surface area (Å²) in [5, 5.41) is 0.0776. The normalized spacial score (nSPS) is 18.6. The lowest BCUT2D eigenvalue weighted by Gasteiger charge is -2.41. The standard InChI is InChI=1S/C28H58O4Si2/c1-15-20(6)27(32-34(17-3,18-4)19-5)23(9)26(30)22(8)25(29)21(7)24(16-2)31-33(13,14)28(10,11)12/h20-24,27H,15-19H2,1-14H3/t20-,21+,22?,23-,24+,27+/m0/s1. The predicted molar refractivity (Wildman–Crippen MR) is 151 cm³/mol. The van der Waals surface area contributed by atoms with Crippen LogP contribution in [-0.4, -0.2) is 40.4 Å². The van der Waals surface area contributed by atoms with Gasteiger partial charge in [0.2, 0.25) is 0 Å². The highest BCUT2D eigenvalue weighted by Crippen LogP contribution is 2.39. The third-order valence-electron chi connectivity index (χ3n) is 8.98. The van der Waals surface area contributed by atoms with Crippen LogP contribution in [0.25, 0.3) is 0 Å². The van der Waals surface area contributed by atoms with Gasteiger partial charge in [-0.15, -0.1) is 0 Å². The minimum absolute atomic E-state index is 0.00953. The van der Waals surface area contributed by atoms with Crippen LogP contribution in [0.3, 0.4) is 0 Å². The van der Waals surface area contributed by atoms with Crippen molar-refractivity contribution >= 4 is 28.2 Å². The van der Waals surface area contributed by atoms with Crippen molar-refractivity contribution in [2.45, 2.75) is 144 Å². The Kier molecular flexibility index (Phi) is 13.7. The molecule has 0 bridgehead atoms. The van der Waals surface area contributed by atoms with Gasteiger partial charge in [0.1, 0.15) is 11.6 Å². The van der Waals surface area contributed by atoms with Gasteiger partial charge in [-0.2, -0.15) is 0 Å². The Balaban J connectivity index is 5.74. The molecule has 0 aromatic rings. The zero-order valence-corrected chi connectivity index (χ0v) is 27.1. The highest BCUT2D eigenvalue weighted by molar-refractivity contribution is 6.74. The lowest BCUT2D eigenvalue weighted by Crippen LogP contribution is -2.49. The van der Waals surface area contributed by atoms with Gasteiger partial charge in [0.15, 0.2) is 16.6 Å². The van der Waals surface area contributed by atoms with Gasteiger partial charge < -0.3 is 8.85 Å². The molecule has 1 unspecified atom stereocenters. The molecule has 0 saturated carbocycles. The Morgan fingerprint density at radius 1 is 0.735 bits per heavy atom. The molecule has 0 N–H and O–H groups in total. The summed E-state index contributed by atoms with van der Waals surface area (Å²) < 4.78 is 13.5. The van der Waals surface area contributed by atoms with E-state index in [2.05, 4.69) is 75.4 Å². The first-order valence-electron chi connectivity index (χ1n) is 13.9. The Morgan fingerprint density at radius 2 is 1.18 bits per heavy atom. The minimum Gasteiger partial charge on any atom is -0.413 e. The van der Waals surface area contributed by atoms with E-state index < -0.39 is 22.6 Å². The molecule has 0 spiro atoms. The van der Waals surface area contributed by atoms with Crippen molar-refractivity contribution in [3.63, 3.8) is 0 Å². The van der Waals surface area contributed by atoms with Crippen molar-refractivity contribution in [1.82, 2.24) is 0 Å². The van der Waals surface area contributed by atoms with Crippen LogP contribution in [0.1, 0.15) is 95.9 Å². The fraction of sp³-hybridized carbons (Fsp3) is 0.929. The summed E-state index contributed by atoms with van der Waals surface area (Å²) in [5.74, 6) is -0.924. The molecule has 0 radical (unpaired) electrons. The summed E-state index contributed by atoms with van der Waals surface area (Å²) in [5.41, 5.74) is 0. The summed E-state index contributed by atoms with van der Waals surface area (Å²) >= 11 is 0. The van der Waals surface area contributed by atoms with Gasteiger partial charge in [-0.1, -0.05) is 82.6 Å². The maximum Gasteiger partial charge on any atom is 0.192 e. The minimum atomic E-state index is -2.01. The summed E-state index contributed by atoms with van der Waals surface area (Å²) in [4.78, 5) is 27.2. The molecule has 0 aliphatic carbocycles. The van der Waals surface area contributed by atoms with E-state index in [0.717, 1.165) is 31.0 Å². The second-order valence-electron chi connectivity index (χ2n) is 12.1. The summed E-state index contributed by atoms with van der Waals surface area (Å²) in [6.07, 6.45) is 1.45. The van der Waals surface area contributed by atoms with Gasteiger partial charge >= 0.3 is 0 Å². The molecule has 0 aliphatic rings. The van der Waals surface area contributed by atoms with Crippen molar-refractivity contribution in [3.8, 4) is 0 Å². The molecule has 0 heterocycles. The largest absolute Gasteiger partial charge is 0.413 e. The number of Topliss-reactive ketones (excluding diaryl/α,β-unsaturated/α-hetero) is 2. The first kappa shape index (κ1) is 33.7. The molecule has 0 amide bonds. The van der Waals surface area contributed by atoms with Crippen molar-refractivity contribution in [1.29, 1.82) is 0 Å². The highest BCUT2D eigenvalue weighted by atomic mass is 28.4. The van der Waals surface area contributed by atoms with Gasteiger partial charge in [-0.05, 0) is 55.5 Å². The van der Waals surface area contributed by atoms with Gasteiger partial charge in [0.25, 0.3) is 0 Å². The van der Waals surface area contributed by atoms with Crippen LogP contribution in [0.15, 0.2) is 0 Å². The summed E-state index contributed by atoms with van der Waals surface area (Å²) in [7, 11) is -3.88. The van der Waals surface area contributed by atoms with Crippen molar-refractivity contribution in [3.05, 3.63) is 0 Å². The molecule has 0 fully saturated rings. The quantitative estimate of drug-likeness (QED) is 0.154. The topological polar surface area (TPSA) is 52.6 Å². The van der Waals surface area contributed by atoms with Gasteiger partial charge in [-0.3, -0.25) is 9.59 Å². The lowest BCUT2D eigenvalue weighted by atomic mass is 9.80. The summed E-state index contributed by atoms with van der Waals surface area (Å²) in [6.45, 7) is 29.9. The van der Waals surface area contributed by atoms with Crippen LogP contribution in [0, 0.1) is 23.7 Å². The monoisotopic (exact) mass is 514 g/mol. The van der Waals surface area contributed by atoms with Crippen LogP contribution >= 0.6 is 0 Å². The fourth-order valence-electron chi connectivity index (χ4n) is 4.60. The first-order chi connectivity index (χ1) is 15.5. The first-order valence-corrected chi connectivity index (χ1v) is 19.4. The van der Waals surface area contributed by atoms with E-state index in [1.165, 1.54) is 0 Å². The zero-order chi connectivity index (χ0) is 27.1. The Labute approximate surface area is 214 Å². The van der Waals surface area contributed by atoms with Gasteiger partial charge in [-0.25, -0.2) is 0 Å². The molecule has 0 rings (SSSR count). The third-order valence-corrected chi connectivity index (χ3v) is 18.1. The van der Waals surface area contributed by atoms with E-state index in [-0.39, 0.29) is 46.6 Å². The molecule has 34 heavy (non-hydrogen) atoms. The number of rotatable bonds is 16. The Hall–Kier alpha value is -0.306. The van der Waals surface area contributed by atoms with Crippen LogP contribution in [0.5, 0.6) is 0 Å². The Morgan fingerprint density at radius 3 is 1.53 bits per heavy atom. The average Bonchev–Trinajstić information content (AvgIpc) is 2.80. The molecular weight excluding hydrogens is 456 g/mol. The fourth-order valence-corrected chi connectivity index (χ4v) is 9.10. The predicted octanol–water partition coefficient (Wildman–Crippen LogP) is 8.27. The van der Waals surface area contributed by atoms with Crippen molar-refractivity contribution in [2.75, 3.05) is 0 Å². The highest BCUT2D eigenvalue weighted by Gasteiger charge is 2.43. The van der Waals surface area contributed by atoms with E-state index in [1.54, 1.807) is 6.92 Å². The molecule has 6 atom stereocenters. The number of hydrogen-bond donors (Lipinski definition) is 0. The van der Waals surface area contributed by atoms with Crippen LogP contribution < -0.4 is 0 Å². The number of carbonyl (C=O) groups excluding carboxylic acids is 2. The third kappa shape index (κ3) is 8.38. The molecular formula is C28H58O4Si2. The molecule has 202 valence electrons. The Bertz CT molecular complexity index is 629. The van der Waals surface area contributed by atoms with Crippen LogP contribution in [0.2, 0.25) is 36.3 Å². The molecule has 0 aromatic heterocycles. The van der Waals surface area contributed by atoms with E-state index in [4.69, 9.17) is 8.85 Å². The number of ketones is 2. The average molecular weight is 515 g/mol. The molecule has 0 aliphatic heterocycles. The van der Waals surface area contributed by atoms with Gasteiger partial charge in [0, 0.05) is 11.8 Å². The van der Waals surface area contributed by atoms with E-state index in [1.807, 2.05) is 13.8 Å². The SMILES string of the molecule is CC[C@H](C)[C@@H](O[Si](CC)(CC)CC)[C@@H](C)C(=O)C(C)C(=O)[C@H](C)[C@@H](CC)O[Si](C)(C)C(C)(C)C. The molecule has 0 aromatic carbocycles. The van der Waals surface area contributed by atoms with Crippen LogP contribution in [0.4, 0.5) is 0 Å². The number of hydrogen-bond acceptors (Lipinski definition) is 4. The van der Waals surface area contributed by atoms with Gasteiger partial charge in [0.05, 0.1) is 18.1 Å². The summed E-state index contributed by atoms with van der Waals surface area (Å²) in [6, 6.07) is 3.17. The smallest absolute Gasteiger partial charge is 0.192 e. The van der Waals surface area contributed by atoms with Crippen molar-refractivity contribution < 1.29 is 18.4 Å². The van der Waals surface area contributed by atoms with E-state index in [0.29, 0.717) is 0 Å². The number of carbonyl (C=O) groups is 2. The second-order valence-corrected chi connectivity index (χ2v) is 21.6.